The highest BCUT2D eigenvalue weighted by molar-refractivity contribution is 5.83. The summed E-state index contributed by atoms with van der Waals surface area (Å²) in [5, 5.41) is 10.7. The van der Waals surface area contributed by atoms with E-state index in [9.17, 15) is 23.1 Å². The van der Waals surface area contributed by atoms with Crippen molar-refractivity contribution in [1.29, 1.82) is 0 Å². The molecule has 0 aliphatic carbocycles. The molecule has 0 radical (unpaired) electrons. The molecular formula is C31H33F3N4O2. The predicted molar refractivity (Wildman–Crippen MR) is 147 cm³/mol. The molecule has 210 valence electrons. The average molecular weight is 551 g/mol. The summed E-state index contributed by atoms with van der Waals surface area (Å²) in [6.45, 7) is 0.0935. The summed E-state index contributed by atoms with van der Waals surface area (Å²) in [5.74, 6) is -1.20. The van der Waals surface area contributed by atoms with Crippen molar-refractivity contribution in [2.75, 3.05) is 33.4 Å². The molecule has 1 N–H and O–H groups in total. The maximum absolute atomic E-state index is 14.8. The van der Waals surface area contributed by atoms with Gasteiger partial charge in [-0.15, -0.1) is 0 Å². The van der Waals surface area contributed by atoms with Crippen molar-refractivity contribution in [3.05, 3.63) is 107 Å². The molecule has 3 heterocycles. The Bertz CT molecular complexity index is 1360. The van der Waals surface area contributed by atoms with Gasteiger partial charge in [0.05, 0.1) is 12.3 Å². The maximum atomic E-state index is 14.8. The molecule has 2 aliphatic rings. The molecule has 9 heteroatoms. The van der Waals surface area contributed by atoms with Crippen LogP contribution >= 0.6 is 0 Å². The van der Waals surface area contributed by atoms with Gasteiger partial charge in [-0.3, -0.25) is 9.88 Å². The molecule has 0 bridgehead atoms. The van der Waals surface area contributed by atoms with Gasteiger partial charge in [0.25, 0.3) is 0 Å². The van der Waals surface area contributed by atoms with Gasteiger partial charge in [0, 0.05) is 50.5 Å². The smallest absolute Gasteiger partial charge is 0.321 e. The fraction of sp³-hybridized carbons (Fsp3) is 0.355. The lowest BCUT2D eigenvalue weighted by Gasteiger charge is -2.44. The van der Waals surface area contributed by atoms with Crippen LogP contribution in [0.15, 0.2) is 79.0 Å². The third-order valence-corrected chi connectivity index (χ3v) is 8.17. The van der Waals surface area contributed by atoms with Gasteiger partial charge in [-0.1, -0.05) is 36.4 Å². The first-order chi connectivity index (χ1) is 19.4. The van der Waals surface area contributed by atoms with Crippen LogP contribution in [0.1, 0.15) is 29.7 Å². The second kappa shape index (κ2) is 11.8. The second-order valence-corrected chi connectivity index (χ2v) is 10.5. The molecule has 2 aromatic carbocycles. The van der Waals surface area contributed by atoms with Crippen LogP contribution in [0, 0.1) is 11.6 Å². The Labute approximate surface area is 232 Å². The first-order valence-corrected chi connectivity index (χ1v) is 13.4. The SMILES string of the molecule is CN(C(=O)N1CC(c2cc(F)ccc2F)=C[C@@]1(CO)c1ccccc1)C1CCN(Cc2ccccn2)C(CF)C1. The minimum absolute atomic E-state index is 0.0237. The summed E-state index contributed by atoms with van der Waals surface area (Å²) in [5.41, 5.74) is 0.688. The highest BCUT2D eigenvalue weighted by Crippen LogP contribution is 2.41. The zero-order valence-electron chi connectivity index (χ0n) is 22.4. The molecule has 1 fully saturated rings. The number of amides is 2. The summed E-state index contributed by atoms with van der Waals surface area (Å²) >= 11 is 0. The molecule has 2 aliphatic heterocycles. The molecule has 0 saturated carbocycles. The number of pyridine rings is 1. The zero-order chi connectivity index (χ0) is 28.3. The van der Waals surface area contributed by atoms with E-state index in [1.165, 1.54) is 4.90 Å². The van der Waals surface area contributed by atoms with Crippen molar-refractivity contribution in [3.63, 3.8) is 0 Å². The van der Waals surface area contributed by atoms with Crippen LogP contribution in [-0.2, 0) is 12.1 Å². The van der Waals surface area contributed by atoms with Gasteiger partial charge in [0.2, 0.25) is 0 Å². The number of aliphatic hydroxyl groups excluding tert-OH is 1. The lowest BCUT2D eigenvalue weighted by molar-refractivity contribution is 0.0448. The number of alkyl halides is 1. The Morgan fingerprint density at radius 2 is 1.90 bits per heavy atom. The van der Waals surface area contributed by atoms with E-state index in [1.54, 1.807) is 48.5 Å². The average Bonchev–Trinajstić information content (AvgIpc) is 3.39. The summed E-state index contributed by atoms with van der Waals surface area (Å²) < 4.78 is 43.1. The van der Waals surface area contributed by atoms with Crippen LogP contribution in [0.4, 0.5) is 18.0 Å². The molecule has 5 rings (SSSR count). The Morgan fingerprint density at radius 1 is 1.12 bits per heavy atom. The van der Waals surface area contributed by atoms with E-state index in [1.807, 2.05) is 24.3 Å². The number of rotatable bonds is 7. The topological polar surface area (TPSA) is 59.9 Å². The molecule has 3 atom stereocenters. The van der Waals surface area contributed by atoms with Gasteiger partial charge < -0.3 is 14.9 Å². The number of hydrogen-bond acceptors (Lipinski definition) is 4. The summed E-state index contributed by atoms with van der Waals surface area (Å²) in [6.07, 6.45) is 4.45. The first kappa shape index (κ1) is 27.9. The zero-order valence-corrected chi connectivity index (χ0v) is 22.4. The van der Waals surface area contributed by atoms with E-state index in [0.717, 1.165) is 23.9 Å². The quantitative estimate of drug-likeness (QED) is 0.450. The highest BCUT2D eigenvalue weighted by Gasteiger charge is 2.47. The van der Waals surface area contributed by atoms with Gasteiger partial charge in [-0.2, -0.15) is 0 Å². The van der Waals surface area contributed by atoms with Crippen LogP contribution < -0.4 is 0 Å². The lowest BCUT2D eigenvalue weighted by Crippen LogP contribution is -2.57. The van der Waals surface area contributed by atoms with Crippen molar-refractivity contribution in [2.45, 2.75) is 37.0 Å². The highest BCUT2D eigenvalue weighted by atomic mass is 19.1. The van der Waals surface area contributed by atoms with E-state index in [-0.39, 0.29) is 30.2 Å². The van der Waals surface area contributed by atoms with Crippen LogP contribution in [0.2, 0.25) is 0 Å². The van der Waals surface area contributed by atoms with Gasteiger partial charge in [-0.25, -0.2) is 18.0 Å². The molecule has 40 heavy (non-hydrogen) atoms. The Balaban J connectivity index is 1.41. The number of carbonyl (C=O) groups excluding carboxylic acids is 1. The van der Waals surface area contributed by atoms with E-state index < -0.39 is 30.5 Å². The Kier molecular flexibility index (Phi) is 8.23. The number of piperidine rings is 1. The van der Waals surface area contributed by atoms with Crippen LogP contribution in [0.5, 0.6) is 0 Å². The van der Waals surface area contributed by atoms with Crippen molar-refractivity contribution < 1.29 is 23.1 Å². The predicted octanol–water partition coefficient (Wildman–Crippen LogP) is 5.00. The van der Waals surface area contributed by atoms with E-state index in [0.29, 0.717) is 37.1 Å². The van der Waals surface area contributed by atoms with Crippen LogP contribution in [0.25, 0.3) is 5.57 Å². The standard InChI is InChI=1S/C31H33F3N4O2/c1-36(26-12-14-37(27(16-26)18-32)20-25-9-5-6-13-35-25)30(40)38-19-22(28-15-24(33)10-11-29(28)34)17-31(38,21-39)23-7-3-2-4-8-23/h2-11,13,15,17,26-27,39H,12,14,16,18-21H2,1H3/t26?,27?,31-/m1/s1. The fourth-order valence-electron chi connectivity index (χ4n) is 5.90. The number of carbonyl (C=O) groups is 1. The Morgan fingerprint density at radius 3 is 2.60 bits per heavy atom. The van der Waals surface area contributed by atoms with Gasteiger partial charge in [0.15, 0.2) is 0 Å². The number of urea groups is 1. The minimum Gasteiger partial charge on any atom is -0.393 e. The molecular weight excluding hydrogens is 517 g/mol. The van der Waals surface area contributed by atoms with Crippen molar-refractivity contribution >= 4 is 11.6 Å². The normalized spacial score (nSPS) is 23.2. The molecule has 0 spiro atoms. The number of aromatic nitrogens is 1. The molecule has 6 nitrogen and oxygen atoms in total. The molecule has 1 saturated heterocycles. The molecule has 2 amide bonds. The van der Waals surface area contributed by atoms with E-state index >= 15 is 0 Å². The van der Waals surface area contributed by atoms with Crippen LogP contribution in [-0.4, -0.2) is 76.3 Å². The van der Waals surface area contributed by atoms with Crippen molar-refractivity contribution in [2.24, 2.45) is 0 Å². The second-order valence-electron chi connectivity index (χ2n) is 10.5. The maximum Gasteiger partial charge on any atom is 0.321 e. The van der Waals surface area contributed by atoms with Crippen molar-refractivity contribution in [3.8, 4) is 0 Å². The van der Waals surface area contributed by atoms with E-state index in [4.69, 9.17) is 0 Å². The monoisotopic (exact) mass is 550 g/mol. The Hall–Kier alpha value is -3.69. The van der Waals surface area contributed by atoms with Gasteiger partial charge in [0.1, 0.15) is 23.8 Å². The summed E-state index contributed by atoms with van der Waals surface area (Å²) in [6, 6.07) is 16.9. The number of benzene rings is 2. The van der Waals surface area contributed by atoms with Crippen molar-refractivity contribution in [1.82, 2.24) is 19.7 Å². The minimum atomic E-state index is -1.28. The number of aliphatic hydroxyl groups is 1. The number of halogens is 3. The largest absolute Gasteiger partial charge is 0.393 e. The number of hydrogen-bond donors (Lipinski definition) is 1. The first-order valence-electron chi connectivity index (χ1n) is 13.4. The third-order valence-electron chi connectivity index (χ3n) is 8.17. The molecule has 1 aromatic heterocycles. The third kappa shape index (κ3) is 5.36. The van der Waals surface area contributed by atoms with Gasteiger partial charge in [-0.05, 0) is 60.4 Å². The number of likely N-dealkylation sites (tertiary alicyclic amines) is 1. The summed E-state index contributed by atoms with van der Waals surface area (Å²) in [7, 11) is 1.69. The van der Waals surface area contributed by atoms with E-state index in [2.05, 4.69) is 9.88 Å². The van der Waals surface area contributed by atoms with Crippen LogP contribution in [0.3, 0.4) is 0 Å². The number of nitrogens with zero attached hydrogens (tertiary/aromatic N) is 4. The molecule has 2 unspecified atom stereocenters. The van der Waals surface area contributed by atoms with Gasteiger partial charge >= 0.3 is 6.03 Å². The molecule has 3 aromatic rings. The lowest BCUT2D eigenvalue weighted by atomic mass is 9.89. The fourth-order valence-corrected chi connectivity index (χ4v) is 5.90. The summed E-state index contributed by atoms with van der Waals surface area (Å²) in [4.78, 5) is 23.6.